The van der Waals surface area contributed by atoms with Gasteiger partial charge >= 0.3 is 5.97 Å². The van der Waals surface area contributed by atoms with Gasteiger partial charge in [0.1, 0.15) is 10.7 Å². The van der Waals surface area contributed by atoms with Crippen LogP contribution in [0.2, 0.25) is 0 Å². The molecule has 0 aliphatic rings. The second-order valence-electron chi connectivity index (χ2n) is 1.40. The maximum absolute atomic E-state index is 9.87. The third kappa shape index (κ3) is 3.72. The fourth-order valence-corrected chi connectivity index (χ4v) is 0.670. The molecule has 0 aliphatic carbocycles. The van der Waals surface area contributed by atoms with Gasteiger partial charge in [-0.05, 0) is 0 Å². The number of carboxylic acid groups (broad SMARTS) is 1. The van der Waals surface area contributed by atoms with Crippen molar-refractivity contribution in [3.05, 3.63) is 12.2 Å². The summed E-state index contributed by atoms with van der Waals surface area (Å²) >= 11 is 0. The van der Waals surface area contributed by atoms with Crippen LogP contribution < -0.4 is 0 Å². The molecule has 1 N–H and O–H groups in total. The highest BCUT2D eigenvalue weighted by molar-refractivity contribution is 7.72. The third-order valence-electron chi connectivity index (χ3n) is 0.622. The van der Waals surface area contributed by atoms with E-state index >= 15 is 0 Å². The first kappa shape index (κ1) is 8.16. The molecule has 0 unspecified atom stereocenters. The van der Waals surface area contributed by atoms with Crippen molar-refractivity contribution >= 4 is 16.7 Å². The van der Waals surface area contributed by atoms with E-state index in [2.05, 4.69) is 6.58 Å². The fourth-order valence-electron chi connectivity index (χ4n) is 0.223. The van der Waals surface area contributed by atoms with E-state index in [-0.39, 0.29) is 5.57 Å². The van der Waals surface area contributed by atoms with Crippen molar-refractivity contribution < 1.29 is 18.3 Å². The Bertz CT molecular complexity index is 195. The van der Waals surface area contributed by atoms with E-state index < -0.39 is 22.4 Å². The number of hydrogen-bond acceptors (Lipinski definition) is 3. The van der Waals surface area contributed by atoms with Gasteiger partial charge in [0.2, 0.25) is 0 Å². The molecular weight excluding hydrogens is 144 g/mol. The standard InChI is InChI=1S/C4H6O4S/c1-3(4(5)6)2-9(7)8/h9H,1-2H2,(H,5,6). The van der Waals surface area contributed by atoms with Crippen molar-refractivity contribution in [1.82, 2.24) is 0 Å². The highest BCUT2D eigenvalue weighted by atomic mass is 32.2. The molecule has 0 amide bonds. The Hall–Kier alpha value is -0.840. The molecule has 0 rings (SSSR count). The normalized spacial score (nSPS) is 9.44. The number of rotatable bonds is 3. The minimum atomic E-state index is -2.65. The van der Waals surface area contributed by atoms with Gasteiger partial charge in [-0.3, -0.25) is 0 Å². The summed E-state index contributed by atoms with van der Waals surface area (Å²) in [6.45, 7) is 3.01. The summed E-state index contributed by atoms with van der Waals surface area (Å²) < 4.78 is 19.7. The van der Waals surface area contributed by atoms with Gasteiger partial charge in [0.15, 0.2) is 0 Å². The van der Waals surface area contributed by atoms with Gasteiger partial charge in [0.05, 0.1) is 5.75 Å². The average molecular weight is 150 g/mol. The van der Waals surface area contributed by atoms with Gasteiger partial charge in [-0.25, -0.2) is 13.2 Å². The zero-order chi connectivity index (χ0) is 7.44. The molecule has 0 aliphatic heterocycles. The predicted octanol–water partition coefficient (Wildman–Crippen LogP) is -0.761. The smallest absolute Gasteiger partial charge is 0.331 e. The maximum Gasteiger partial charge on any atom is 0.331 e. The number of aliphatic carboxylic acids is 1. The van der Waals surface area contributed by atoms with Crippen LogP contribution in [0.1, 0.15) is 0 Å². The van der Waals surface area contributed by atoms with Crippen LogP contribution in [0.3, 0.4) is 0 Å². The number of carbonyl (C=O) groups is 1. The molecule has 9 heavy (non-hydrogen) atoms. The summed E-state index contributed by atoms with van der Waals surface area (Å²) in [5.41, 5.74) is -0.300. The quantitative estimate of drug-likeness (QED) is 0.409. The first-order valence-corrected chi connectivity index (χ1v) is 3.43. The van der Waals surface area contributed by atoms with E-state index in [1.807, 2.05) is 0 Å². The van der Waals surface area contributed by atoms with Crippen LogP contribution in [0.15, 0.2) is 12.2 Å². The van der Waals surface area contributed by atoms with Crippen molar-refractivity contribution in [3.63, 3.8) is 0 Å². The van der Waals surface area contributed by atoms with Crippen molar-refractivity contribution in [3.8, 4) is 0 Å². The fraction of sp³-hybridized carbons (Fsp3) is 0.250. The molecule has 0 aromatic carbocycles. The molecule has 0 bridgehead atoms. The minimum Gasteiger partial charge on any atom is -0.478 e. The van der Waals surface area contributed by atoms with Crippen LogP contribution in [0, 0.1) is 0 Å². The molecule has 0 saturated carbocycles. The van der Waals surface area contributed by atoms with Crippen LogP contribution in [0.5, 0.6) is 0 Å². The average Bonchev–Trinajstić information content (AvgIpc) is 1.63. The molecule has 52 valence electrons. The molecule has 0 radical (unpaired) electrons. The Labute approximate surface area is 53.8 Å². The zero-order valence-electron chi connectivity index (χ0n) is 4.53. The van der Waals surface area contributed by atoms with Gasteiger partial charge in [0, 0.05) is 5.57 Å². The van der Waals surface area contributed by atoms with Crippen LogP contribution in [-0.4, -0.2) is 25.2 Å². The molecule has 0 aromatic rings. The van der Waals surface area contributed by atoms with Gasteiger partial charge < -0.3 is 5.11 Å². The SMILES string of the molecule is C=C(C[SH](=O)=O)C(=O)O. The number of thiol groups is 1. The maximum atomic E-state index is 9.87. The highest BCUT2D eigenvalue weighted by Crippen LogP contribution is 1.87. The number of hydrogen-bond donors (Lipinski definition) is 2. The van der Waals surface area contributed by atoms with E-state index in [4.69, 9.17) is 5.11 Å². The second-order valence-corrected chi connectivity index (χ2v) is 2.38. The third-order valence-corrected chi connectivity index (χ3v) is 1.26. The summed E-state index contributed by atoms with van der Waals surface area (Å²) in [6.07, 6.45) is 0. The summed E-state index contributed by atoms with van der Waals surface area (Å²) in [5, 5.41) is 8.06. The lowest BCUT2D eigenvalue weighted by molar-refractivity contribution is -0.132. The first-order chi connectivity index (χ1) is 4.04. The van der Waals surface area contributed by atoms with E-state index in [1.54, 1.807) is 0 Å². The molecule has 0 heterocycles. The van der Waals surface area contributed by atoms with Gasteiger partial charge in [-0.15, -0.1) is 0 Å². The monoisotopic (exact) mass is 150 g/mol. The summed E-state index contributed by atoms with van der Waals surface area (Å²) in [6, 6.07) is 0. The lowest BCUT2D eigenvalue weighted by Crippen LogP contribution is -2.04. The topological polar surface area (TPSA) is 71.4 Å². The Morgan fingerprint density at radius 1 is 1.56 bits per heavy atom. The van der Waals surface area contributed by atoms with Crippen molar-refractivity contribution in [2.75, 3.05) is 5.75 Å². The second kappa shape index (κ2) is 3.24. The predicted molar refractivity (Wildman–Crippen MR) is 32.0 cm³/mol. The van der Waals surface area contributed by atoms with Crippen LogP contribution >= 0.6 is 0 Å². The Kier molecular flexibility index (Phi) is 2.94. The molecule has 0 spiro atoms. The van der Waals surface area contributed by atoms with Crippen LogP contribution in [0.25, 0.3) is 0 Å². The molecule has 5 heteroatoms. The molecule has 4 nitrogen and oxygen atoms in total. The molecule has 0 atom stereocenters. The summed E-state index contributed by atoms with van der Waals surface area (Å²) in [5.74, 6) is -1.74. The van der Waals surface area contributed by atoms with Crippen molar-refractivity contribution in [2.45, 2.75) is 0 Å². The van der Waals surface area contributed by atoms with E-state index in [1.165, 1.54) is 0 Å². The van der Waals surface area contributed by atoms with Crippen LogP contribution in [-0.2, 0) is 15.5 Å². The Morgan fingerprint density at radius 2 is 2.00 bits per heavy atom. The first-order valence-electron chi connectivity index (χ1n) is 2.07. The van der Waals surface area contributed by atoms with Crippen LogP contribution in [0.4, 0.5) is 0 Å². The molecule has 0 aromatic heterocycles. The van der Waals surface area contributed by atoms with Gasteiger partial charge in [-0.2, -0.15) is 0 Å². The minimum absolute atomic E-state index is 0.300. The van der Waals surface area contributed by atoms with Gasteiger partial charge in [-0.1, -0.05) is 6.58 Å². The summed E-state index contributed by atoms with van der Waals surface area (Å²) in [4.78, 5) is 9.87. The largest absolute Gasteiger partial charge is 0.478 e. The molecule has 0 saturated heterocycles. The van der Waals surface area contributed by atoms with E-state index in [0.717, 1.165) is 0 Å². The molecule has 0 fully saturated rings. The van der Waals surface area contributed by atoms with Gasteiger partial charge in [0.25, 0.3) is 0 Å². The Morgan fingerprint density at radius 3 is 2.11 bits per heavy atom. The Balaban J connectivity index is 3.94. The van der Waals surface area contributed by atoms with E-state index in [0.29, 0.717) is 0 Å². The summed E-state index contributed by atoms with van der Waals surface area (Å²) in [7, 11) is -2.65. The number of carboxylic acids is 1. The lowest BCUT2D eigenvalue weighted by atomic mass is 10.4. The lowest BCUT2D eigenvalue weighted by Gasteiger charge is -1.88. The van der Waals surface area contributed by atoms with Crippen molar-refractivity contribution in [1.29, 1.82) is 0 Å². The highest BCUT2D eigenvalue weighted by Gasteiger charge is 2.02. The van der Waals surface area contributed by atoms with E-state index in [9.17, 15) is 13.2 Å². The molecular formula is C4H6O4S. The zero-order valence-corrected chi connectivity index (χ0v) is 5.43. The van der Waals surface area contributed by atoms with Crippen molar-refractivity contribution in [2.24, 2.45) is 0 Å².